The zero-order valence-electron chi connectivity index (χ0n) is 26.5. The fraction of sp³-hybridized carbons (Fsp3) is 0.400. The number of anilines is 1. The molecule has 4 amide bonds. The number of hydrogen-bond donors (Lipinski definition) is 1. The number of hydrogen-bond acceptors (Lipinski definition) is 6. The molecule has 10 nitrogen and oxygen atoms in total. The number of nitrogens with one attached hydrogen (secondary N) is 1. The van der Waals surface area contributed by atoms with Crippen LogP contribution in [-0.2, 0) is 29.1 Å². The van der Waals surface area contributed by atoms with Crippen molar-refractivity contribution in [3.63, 3.8) is 0 Å². The van der Waals surface area contributed by atoms with Crippen LogP contribution in [-0.4, -0.2) is 90.2 Å². The molecule has 3 aromatic carbocycles. The lowest BCUT2D eigenvalue weighted by Crippen LogP contribution is -2.58. The van der Waals surface area contributed by atoms with E-state index in [0.717, 1.165) is 41.1 Å². The molecule has 2 atom stereocenters. The summed E-state index contributed by atoms with van der Waals surface area (Å²) in [4.78, 5) is 45.9. The first kappa shape index (κ1) is 31.8. The van der Waals surface area contributed by atoms with Crippen LogP contribution in [0.15, 0.2) is 78.9 Å². The molecule has 0 spiro atoms. The molecule has 1 saturated heterocycles. The van der Waals surface area contributed by atoms with Crippen molar-refractivity contribution in [3.05, 3.63) is 95.6 Å². The van der Waals surface area contributed by atoms with Crippen LogP contribution in [0.1, 0.15) is 37.0 Å². The number of hydrazine groups is 1. The number of urea groups is 1. The number of carbonyl (C=O) groups excluding carboxylic acids is 3. The SMILES string of the molecule is CCCN(C(=O)NCc1ccccc1)N1CC(=O)N([C@H](C)Cc2ccccc2)[C@@H]1CN(C=O)Cc1cccc2c1N(C)CCO2. The van der Waals surface area contributed by atoms with Gasteiger partial charge in [-0.1, -0.05) is 79.7 Å². The molecule has 1 fully saturated rings. The molecule has 2 aliphatic rings. The van der Waals surface area contributed by atoms with Crippen molar-refractivity contribution in [1.29, 1.82) is 0 Å². The fourth-order valence-corrected chi connectivity index (χ4v) is 6.30. The molecule has 0 aromatic heterocycles. The third kappa shape index (κ3) is 7.57. The molecule has 2 heterocycles. The van der Waals surface area contributed by atoms with Gasteiger partial charge in [-0.25, -0.2) is 4.79 Å². The Bertz CT molecular complexity index is 1440. The highest BCUT2D eigenvalue weighted by atomic mass is 16.5. The van der Waals surface area contributed by atoms with E-state index in [-0.39, 0.29) is 31.1 Å². The van der Waals surface area contributed by atoms with E-state index in [4.69, 9.17) is 4.74 Å². The molecule has 0 bridgehead atoms. The number of fused-ring (bicyclic) bond motifs is 1. The second kappa shape index (κ2) is 14.9. The van der Waals surface area contributed by atoms with Crippen molar-refractivity contribution in [2.75, 3.05) is 44.7 Å². The van der Waals surface area contributed by atoms with Gasteiger partial charge in [-0.3, -0.25) is 14.6 Å². The molecule has 238 valence electrons. The Morgan fingerprint density at radius 1 is 1.04 bits per heavy atom. The molecule has 10 heteroatoms. The number of para-hydroxylation sites is 1. The smallest absolute Gasteiger partial charge is 0.332 e. The normalized spacial score (nSPS) is 17.0. The summed E-state index contributed by atoms with van der Waals surface area (Å²) >= 11 is 0. The number of likely N-dealkylation sites (N-methyl/N-ethyl adjacent to an activating group) is 1. The van der Waals surface area contributed by atoms with Gasteiger partial charge in [0.1, 0.15) is 18.5 Å². The first-order valence-electron chi connectivity index (χ1n) is 15.8. The van der Waals surface area contributed by atoms with Gasteiger partial charge in [0.05, 0.1) is 25.3 Å². The van der Waals surface area contributed by atoms with Crippen LogP contribution in [0.3, 0.4) is 0 Å². The number of carbonyl (C=O) groups is 3. The van der Waals surface area contributed by atoms with Gasteiger partial charge < -0.3 is 24.8 Å². The van der Waals surface area contributed by atoms with Gasteiger partial charge in [0.2, 0.25) is 12.3 Å². The number of amides is 4. The van der Waals surface area contributed by atoms with Crippen LogP contribution >= 0.6 is 0 Å². The predicted octanol–water partition coefficient (Wildman–Crippen LogP) is 4.11. The number of benzene rings is 3. The summed E-state index contributed by atoms with van der Waals surface area (Å²) in [6.45, 7) is 6.83. The highest BCUT2D eigenvalue weighted by molar-refractivity contribution is 5.82. The monoisotopic (exact) mass is 612 g/mol. The molecule has 5 rings (SSSR count). The zero-order valence-corrected chi connectivity index (χ0v) is 26.5. The average Bonchev–Trinajstić information content (AvgIpc) is 3.38. The summed E-state index contributed by atoms with van der Waals surface area (Å²) in [5.41, 5.74) is 4.04. The van der Waals surface area contributed by atoms with Crippen molar-refractivity contribution in [1.82, 2.24) is 25.1 Å². The van der Waals surface area contributed by atoms with E-state index in [9.17, 15) is 14.4 Å². The highest BCUT2D eigenvalue weighted by Gasteiger charge is 2.45. The molecule has 0 unspecified atom stereocenters. The molecule has 0 aliphatic carbocycles. The van der Waals surface area contributed by atoms with Crippen molar-refractivity contribution in [3.8, 4) is 5.75 Å². The second-order valence-corrected chi connectivity index (χ2v) is 11.8. The maximum atomic E-state index is 13.8. The lowest BCUT2D eigenvalue weighted by molar-refractivity contribution is -0.132. The largest absolute Gasteiger partial charge is 0.490 e. The van der Waals surface area contributed by atoms with E-state index in [0.29, 0.717) is 39.1 Å². The van der Waals surface area contributed by atoms with Crippen molar-refractivity contribution in [2.45, 2.75) is 52.0 Å². The second-order valence-electron chi connectivity index (χ2n) is 11.8. The van der Waals surface area contributed by atoms with Crippen LogP contribution in [0.4, 0.5) is 10.5 Å². The molecule has 1 N–H and O–H groups in total. The van der Waals surface area contributed by atoms with Crippen LogP contribution in [0, 0.1) is 0 Å². The standard InChI is InChI=1S/C35H44N6O4/c1-4-18-39(35(44)36-22-29-14-9-6-10-15-29)40-25-33(43)41(27(2)21-28-12-7-5-8-13-28)32(40)24-38(26-42)23-30-16-11-17-31-34(30)37(3)19-20-45-31/h5-17,26-27,32H,4,18-25H2,1-3H3,(H,36,44)/t27-,32-/m1/s1. The topological polar surface area (TPSA) is 88.7 Å². The van der Waals surface area contributed by atoms with Crippen molar-refractivity contribution < 1.29 is 19.1 Å². The van der Waals surface area contributed by atoms with Gasteiger partial charge >= 0.3 is 6.03 Å². The average molecular weight is 613 g/mol. The van der Waals surface area contributed by atoms with E-state index >= 15 is 0 Å². The van der Waals surface area contributed by atoms with Crippen molar-refractivity contribution in [2.24, 2.45) is 0 Å². The summed E-state index contributed by atoms with van der Waals surface area (Å²) in [6.07, 6.45) is 1.66. The minimum Gasteiger partial charge on any atom is -0.490 e. The van der Waals surface area contributed by atoms with Gasteiger partial charge in [-0.15, -0.1) is 0 Å². The molecule has 2 aliphatic heterocycles. The van der Waals surface area contributed by atoms with Crippen LogP contribution in [0.25, 0.3) is 0 Å². The first-order valence-corrected chi connectivity index (χ1v) is 15.8. The first-order chi connectivity index (χ1) is 21.9. The summed E-state index contributed by atoms with van der Waals surface area (Å²) in [7, 11) is 2.02. The fourth-order valence-electron chi connectivity index (χ4n) is 6.30. The Morgan fingerprint density at radius 3 is 2.44 bits per heavy atom. The van der Waals surface area contributed by atoms with Gasteiger partial charge in [-0.05, 0) is 42.5 Å². The lowest BCUT2D eigenvalue weighted by Gasteiger charge is -2.41. The van der Waals surface area contributed by atoms with E-state index in [2.05, 4.69) is 22.3 Å². The van der Waals surface area contributed by atoms with Gasteiger partial charge in [0.15, 0.2) is 0 Å². The van der Waals surface area contributed by atoms with Gasteiger partial charge in [0.25, 0.3) is 0 Å². The summed E-state index contributed by atoms with van der Waals surface area (Å²) < 4.78 is 5.90. The number of rotatable bonds is 13. The Hall–Kier alpha value is -4.57. The molecule has 3 aromatic rings. The third-order valence-electron chi connectivity index (χ3n) is 8.43. The third-order valence-corrected chi connectivity index (χ3v) is 8.43. The Balaban J connectivity index is 1.42. The Morgan fingerprint density at radius 2 is 1.76 bits per heavy atom. The zero-order chi connectivity index (χ0) is 31.8. The summed E-state index contributed by atoms with van der Waals surface area (Å²) in [6, 6.07) is 25.3. The van der Waals surface area contributed by atoms with E-state index in [1.54, 1.807) is 9.91 Å². The maximum Gasteiger partial charge on any atom is 0.332 e. The highest BCUT2D eigenvalue weighted by Crippen LogP contribution is 2.35. The minimum atomic E-state index is -0.538. The maximum absolute atomic E-state index is 13.8. The van der Waals surface area contributed by atoms with E-state index < -0.39 is 6.17 Å². The molecule has 45 heavy (non-hydrogen) atoms. The summed E-state index contributed by atoms with van der Waals surface area (Å²) in [5, 5.41) is 6.53. The quantitative estimate of drug-likeness (QED) is 0.293. The molecular weight excluding hydrogens is 568 g/mol. The molecular formula is C35H44N6O4. The van der Waals surface area contributed by atoms with Crippen LogP contribution < -0.4 is 15.0 Å². The van der Waals surface area contributed by atoms with E-state index in [1.165, 1.54) is 0 Å². The predicted molar refractivity (Wildman–Crippen MR) is 174 cm³/mol. The molecule has 0 saturated carbocycles. The Labute approximate surface area is 266 Å². The number of ether oxygens (including phenoxy) is 1. The van der Waals surface area contributed by atoms with Gasteiger partial charge in [0, 0.05) is 32.7 Å². The minimum absolute atomic E-state index is 0.0482. The number of nitrogens with zero attached hydrogens (tertiary/aromatic N) is 5. The van der Waals surface area contributed by atoms with Crippen LogP contribution in [0.2, 0.25) is 0 Å². The molecule has 0 radical (unpaired) electrons. The lowest BCUT2D eigenvalue weighted by atomic mass is 10.1. The van der Waals surface area contributed by atoms with Gasteiger partial charge in [-0.2, -0.15) is 5.01 Å². The Kier molecular flexibility index (Phi) is 10.6. The summed E-state index contributed by atoms with van der Waals surface area (Å²) in [5.74, 6) is 0.726. The van der Waals surface area contributed by atoms with E-state index in [1.807, 2.05) is 97.5 Å². The van der Waals surface area contributed by atoms with Crippen molar-refractivity contribution >= 4 is 24.0 Å². The van der Waals surface area contributed by atoms with Crippen LogP contribution in [0.5, 0.6) is 5.75 Å².